The number of nitrogens with zero attached hydrogens (tertiary/aromatic N) is 2. The molecule has 25 heavy (non-hydrogen) atoms. The van der Waals surface area contributed by atoms with Gasteiger partial charge in [-0.25, -0.2) is 8.42 Å². The zero-order valence-electron chi connectivity index (χ0n) is 15.2. The summed E-state index contributed by atoms with van der Waals surface area (Å²) in [5.41, 5.74) is 0. The normalized spacial score (nSPS) is 32.9. The van der Waals surface area contributed by atoms with Gasteiger partial charge >= 0.3 is 0 Å². The predicted octanol–water partition coefficient (Wildman–Crippen LogP) is 1.23. The van der Waals surface area contributed by atoms with Gasteiger partial charge in [-0.1, -0.05) is 6.92 Å². The summed E-state index contributed by atoms with van der Waals surface area (Å²) in [5.74, 6) is 3.45. The molecule has 3 atom stereocenters. The van der Waals surface area contributed by atoms with E-state index in [1.807, 2.05) is 11.8 Å². The minimum absolute atomic E-state index is 0.178. The van der Waals surface area contributed by atoms with E-state index in [2.05, 4.69) is 17.1 Å². The number of nitrogens with one attached hydrogen (secondary N) is 1. The van der Waals surface area contributed by atoms with E-state index in [4.69, 9.17) is 9.73 Å². The first-order valence-corrected chi connectivity index (χ1v) is 12.4. The van der Waals surface area contributed by atoms with E-state index in [1.54, 1.807) is 0 Å². The lowest BCUT2D eigenvalue weighted by atomic mass is 10.1. The van der Waals surface area contributed by atoms with Gasteiger partial charge in [0.15, 0.2) is 15.8 Å². The van der Waals surface area contributed by atoms with Gasteiger partial charge in [-0.05, 0) is 25.2 Å². The summed E-state index contributed by atoms with van der Waals surface area (Å²) in [6.45, 7) is 7.47. The molecule has 3 heterocycles. The van der Waals surface area contributed by atoms with E-state index in [1.165, 1.54) is 6.42 Å². The number of rotatable bonds is 5. The molecule has 3 fully saturated rings. The van der Waals surface area contributed by atoms with Crippen LogP contribution in [0.1, 0.15) is 26.2 Å². The molecule has 3 saturated heterocycles. The molecule has 3 aliphatic heterocycles. The fourth-order valence-electron chi connectivity index (χ4n) is 3.64. The third-order valence-electron chi connectivity index (χ3n) is 5.29. The monoisotopic (exact) mass is 389 g/mol. The van der Waals surface area contributed by atoms with E-state index >= 15 is 0 Å². The highest BCUT2D eigenvalue weighted by molar-refractivity contribution is 8.00. The minimum atomic E-state index is -2.83. The van der Waals surface area contributed by atoms with Crippen molar-refractivity contribution < 1.29 is 13.2 Å². The van der Waals surface area contributed by atoms with Crippen LogP contribution in [0.15, 0.2) is 4.99 Å². The Bertz CT molecular complexity index is 561. The van der Waals surface area contributed by atoms with Crippen LogP contribution in [0.4, 0.5) is 0 Å². The lowest BCUT2D eigenvalue weighted by Crippen LogP contribution is -2.49. The molecule has 3 rings (SSSR count). The molecule has 3 unspecified atom stereocenters. The number of sulfone groups is 1. The summed E-state index contributed by atoms with van der Waals surface area (Å²) in [5, 5.41) is 4.21. The maximum absolute atomic E-state index is 11.7. The molecule has 0 radical (unpaired) electrons. The number of thioether (sulfide) groups is 1. The van der Waals surface area contributed by atoms with Crippen molar-refractivity contribution in [3.63, 3.8) is 0 Å². The van der Waals surface area contributed by atoms with Gasteiger partial charge in [-0.2, -0.15) is 11.8 Å². The fourth-order valence-corrected chi connectivity index (χ4v) is 6.67. The van der Waals surface area contributed by atoms with Crippen LogP contribution >= 0.6 is 11.8 Å². The Kier molecular flexibility index (Phi) is 6.91. The minimum Gasteiger partial charge on any atom is -0.381 e. The Balaban J connectivity index is 1.61. The highest BCUT2D eigenvalue weighted by atomic mass is 32.2. The molecule has 0 spiro atoms. The molecule has 144 valence electrons. The highest BCUT2D eigenvalue weighted by Gasteiger charge is 2.28. The Labute approximate surface area is 156 Å². The van der Waals surface area contributed by atoms with Crippen molar-refractivity contribution in [3.8, 4) is 0 Å². The summed E-state index contributed by atoms with van der Waals surface area (Å²) in [4.78, 5) is 7.21. The number of hydrogen-bond donors (Lipinski definition) is 1. The topological polar surface area (TPSA) is 71.0 Å². The average Bonchev–Trinajstić information content (AvgIpc) is 3.24. The van der Waals surface area contributed by atoms with Gasteiger partial charge in [0.1, 0.15) is 0 Å². The Morgan fingerprint density at radius 3 is 2.92 bits per heavy atom. The molecule has 0 bridgehead atoms. The van der Waals surface area contributed by atoms with Crippen LogP contribution < -0.4 is 5.32 Å². The van der Waals surface area contributed by atoms with Gasteiger partial charge in [0.05, 0.1) is 18.1 Å². The van der Waals surface area contributed by atoms with E-state index < -0.39 is 9.84 Å². The summed E-state index contributed by atoms with van der Waals surface area (Å²) in [6, 6.07) is 0. The van der Waals surface area contributed by atoms with Crippen molar-refractivity contribution in [2.75, 3.05) is 56.7 Å². The second-order valence-electron chi connectivity index (χ2n) is 7.39. The first kappa shape index (κ1) is 19.3. The summed E-state index contributed by atoms with van der Waals surface area (Å²) in [6.07, 6.45) is 3.03. The smallest absolute Gasteiger partial charge is 0.194 e. The van der Waals surface area contributed by atoms with Crippen molar-refractivity contribution in [1.82, 2.24) is 10.2 Å². The molecule has 0 aliphatic carbocycles. The van der Waals surface area contributed by atoms with Crippen LogP contribution in [0.25, 0.3) is 0 Å². The predicted molar refractivity (Wildman–Crippen MR) is 104 cm³/mol. The van der Waals surface area contributed by atoms with Crippen LogP contribution in [-0.4, -0.2) is 81.2 Å². The first-order valence-electron chi connectivity index (χ1n) is 9.48. The van der Waals surface area contributed by atoms with Crippen molar-refractivity contribution in [2.24, 2.45) is 16.8 Å². The van der Waals surface area contributed by atoms with Gasteiger partial charge in [0.2, 0.25) is 0 Å². The van der Waals surface area contributed by atoms with Crippen LogP contribution in [0.5, 0.6) is 0 Å². The molecule has 0 aromatic rings. The molecule has 0 saturated carbocycles. The van der Waals surface area contributed by atoms with Crippen molar-refractivity contribution in [2.45, 2.75) is 31.4 Å². The SMILES string of the molecule is CCC1CN(C(=NCC2CCS(=O)(=O)C2)NCC2CCOC2)CCS1. The van der Waals surface area contributed by atoms with Crippen molar-refractivity contribution >= 4 is 27.6 Å². The quantitative estimate of drug-likeness (QED) is 0.563. The zero-order chi connectivity index (χ0) is 17.7. The van der Waals surface area contributed by atoms with E-state index in [0.717, 1.165) is 57.4 Å². The van der Waals surface area contributed by atoms with Gasteiger partial charge in [-0.3, -0.25) is 4.99 Å². The van der Waals surface area contributed by atoms with Gasteiger partial charge < -0.3 is 15.0 Å². The third kappa shape index (κ3) is 5.76. The lowest BCUT2D eigenvalue weighted by molar-refractivity contribution is 0.186. The summed E-state index contributed by atoms with van der Waals surface area (Å²) < 4.78 is 28.8. The number of ether oxygens (including phenoxy) is 1. The number of guanidine groups is 1. The zero-order valence-corrected chi connectivity index (χ0v) is 16.8. The first-order chi connectivity index (χ1) is 12.1. The Morgan fingerprint density at radius 2 is 2.24 bits per heavy atom. The molecule has 3 aliphatic rings. The fraction of sp³-hybridized carbons (Fsp3) is 0.941. The summed E-state index contributed by atoms with van der Waals surface area (Å²) in [7, 11) is -2.83. The molecule has 0 aromatic carbocycles. The molecule has 8 heteroatoms. The van der Waals surface area contributed by atoms with Crippen molar-refractivity contribution in [3.05, 3.63) is 0 Å². The van der Waals surface area contributed by atoms with Crippen LogP contribution in [0.2, 0.25) is 0 Å². The molecule has 0 aromatic heterocycles. The Morgan fingerprint density at radius 1 is 1.36 bits per heavy atom. The molecule has 1 N–H and O–H groups in total. The maximum atomic E-state index is 11.7. The second-order valence-corrected chi connectivity index (χ2v) is 11.0. The van der Waals surface area contributed by atoms with Crippen LogP contribution in [-0.2, 0) is 14.6 Å². The average molecular weight is 390 g/mol. The maximum Gasteiger partial charge on any atom is 0.194 e. The van der Waals surface area contributed by atoms with Gasteiger partial charge in [0, 0.05) is 49.7 Å². The molecule has 0 amide bonds. The second kappa shape index (κ2) is 8.95. The van der Waals surface area contributed by atoms with Crippen LogP contribution in [0, 0.1) is 11.8 Å². The Hall–Kier alpha value is -0.470. The van der Waals surface area contributed by atoms with Gasteiger partial charge in [-0.15, -0.1) is 0 Å². The van der Waals surface area contributed by atoms with Crippen molar-refractivity contribution in [1.29, 1.82) is 0 Å². The number of hydrogen-bond acceptors (Lipinski definition) is 5. The standard InChI is InChI=1S/C17H31N3O3S2/c1-2-16-11-20(5-7-24-16)17(18-9-14-3-6-23-12-14)19-10-15-4-8-25(21,22)13-15/h14-16H,2-13H2,1H3,(H,18,19). The van der Waals surface area contributed by atoms with E-state index in [9.17, 15) is 8.42 Å². The lowest BCUT2D eigenvalue weighted by Gasteiger charge is -2.35. The summed E-state index contributed by atoms with van der Waals surface area (Å²) >= 11 is 2.05. The molecular formula is C17H31N3O3S2. The molecule has 6 nitrogen and oxygen atoms in total. The highest BCUT2D eigenvalue weighted by Crippen LogP contribution is 2.22. The van der Waals surface area contributed by atoms with Crippen LogP contribution in [0.3, 0.4) is 0 Å². The van der Waals surface area contributed by atoms with E-state index in [-0.39, 0.29) is 5.92 Å². The van der Waals surface area contributed by atoms with E-state index in [0.29, 0.717) is 29.2 Å². The van der Waals surface area contributed by atoms with Gasteiger partial charge in [0.25, 0.3) is 0 Å². The largest absolute Gasteiger partial charge is 0.381 e. The number of aliphatic imine (C=N–C) groups is 1. The third-order valence-corrected chi connectivity index (χ3v) is 8.50. The molecular weight excluding hydrogens is 358 g/mol.